The van der Waals surface area contributed by atoms with Gasteiger partial charge in [-0.25, -0.2) is 0 Å². The Balaban J connectivity index is 2.58. The molecular weight excluding hydrogens is 324 g/mol. The second kappa shape index (κ2) is 8.92. The molecule has 1 rings (SSSR count). The first-order valence-corrected chi connectivity index (χ1v) is 7.84. The van der Waals surface area contributed by atoms with E-state index < -0.39 is 24.0 Å². The predicted octanol–water partition coefficient (Wildman–Crippen LogP) is 1.84. The molecule has 0 aliphatic rings. The van der Waals surface area contributed by atoms with Crippen molar-refractivity contribution in [2.75, 3.05) is 20.8 Å². The van der Waals surface area contributed by atoms with Gasteiger partial charge in [-0.1, -0.05) is 19.9 Å². The molecule has 7 heteroatoms. The van der Waals surface area contributed by atoms with E-state index in [0.29, 0.717) is 17.1 Å². The molecule has 0 radical (unpaired) electrons. The Bertz CT molecular complexity index is 666. The Hall–Kier alpha value is -2.75. The van der Waals surface area contributed by atoms with Crippen molar-refractivity contribution in [1.82, 2.24) is 5.32 Å². The lowest BCUT2D eigenvalue weighted by molar-refractivity contribution is -0.148. The quantitative estimate of drug-likeness (QED) is 0.720. The van der Waals surface area contributed by atoms with Crippen LogP contribution in [0.1, 0.15) is 26.3 Å². The Kier molecular flexibility index (Phi) is 7.24. The molecule has 1 unspecified atom stereocenters. The van der Waals surface area contributed by atoms with Gasteiger partial charge in [0.05, 0.1) is 26.7 Å². The molecule has 1 atom stereocenters. The van der Waals surface area contributed by atoms with Crippen molar-refractivity contribution in [2.24, 2.45) is 5.92 Å². The summed E-state index contributed by atoms with van der Waals surface area (Å²) in [5.41, 5.74) is -0.334. The van der Waals surface area contributed by atoms with Crippen LogP contribution in [0.2, 0.25) is 0 Å². The average Bonchev–Trinajstić information content (AvgIpc) is 2.59. The fourth-order valence-corrected chi connectivity index (χ4v) is 1.98. The van der Waals surface area contributed by atoms with Gasteiger partial charge in [-0.05, 0) is 30.5 Å². The molecule has 1 aromatic carbocycles. The van der Waals surface area contributed by atoms with E-state index in [1.54, 1.807) is 25.1 Å². The highest BCUT2D eigenvalue weighted by atomic mass is 16.5. The van der Waals surface area contributed by atoms with Crippen LogP contribution in [0.25, 0.3) is 0 Å². The third-order valence-electron chi connectivity index (χ3n) is 3.95. The summed E-state index contributed by atoms with van der Waals surface area (Å²) in [6, 6.07) is 7.14. The van der Waals surface area contributed by atoms with Gasteiger partial charge in [-0.15, -0.1) is 0 Å². The summed E-state index contributed by atoms with van der Waals surface area (Å²) in [6.07, 6.45) is -0.00661. The molecule has 25 heavy (non-hydrogen) atoms. The number of benzene rings is 1. The number of ether oxygens (including phenoxy) is 3. The summed E-state index contributed by atoms with van der Waals surface area (Å²) in [4.78, 5) is 23.8. The van der Waals surface area contributed by atoms with Crippen LogP contribution >= 0.6 is 0 Å². The van der Waals surface area contributed by atoms with Gasteiger partial charge < -0.3 is 19.5 Å². The fourth-order valence-electron chi connectivity index (χ4n) is 1.98. The number of nitrogens with one attached hydrogen (secondary N) is 1. The number of nitriles is 1. The van der Waals surface area contributed by atoms with Crippen LogP contribution in [0.15, 0.2) is 18.2 Å². The number of methoxy groups -OCH3 is 2. The Labute approximate surface area is 147 Å². The van der Waals surface area contributed by atoms with Crippen molar-refractivity contribution in [3.63, 3.8) is 0 Å². The topological polar surface area (TPSA) is 97.6 Å². The van der Waals surface area contributed by atoms with Gasteiger partial charge >= 0.3 is 5.97 Å². The molecular formula is C18H24N2O5. The van der Waals surface area contributed by atoms with Crippen molar-refractivity contribution in [3.05, 3.63) is 23.8 Å². The zero-order valence-electron chi connectivity index (χ0n) is 15.2. The third-order valence-corrected chi connectivity index (χ3v) is 3.95. The maximum Gasteiger partial charge on any atom is 0.310 e. The molecule has 0 aromatic heterocycles. The third kappa shape index (κ3) is 5.68. The number of amides is 1. The molecule has 0 saturated heterocycles. The van der Waals surface area contributed by atoms with Crippen LogP contribution in [0, 0.1) is 17.2 Å². The van der Waals surface area contributed by atoms with Gasteiger partial charge in [-0.3, -0.25) is 9.59 Å². The molecule has 0 aliphatic heterocycles. The normalized spacial score (nSPS) is 12.7. The van der Waals surface area contributed by atoms with Gasteiger partial charge in [0.1, 0.15) is 5.54 Å². The number of rotatable bonds is 8. The van der Waals surface area contributed by atoms with Crippen LogP contribution in [-0.4, -0.2) is 38.2 Å². The summed E-state index contributed by atoms with van der Waals surface area (Å²) < 4.78 is 15.3. The summed E-state index contributed by atoms with van der Waals surface area (Å²) in [6.45, 7) is 4.84. The zero-order chi connectivity index (χ0) is 19.0. The molecule has 1 N–H and O–H groups in total. The maximum absolute atomic E-state index is 11.9. The van der Waals surface area contributed by atoms with Gasteiger partial charge in [0.2, 0.25) is 0 Å². The number of hydrogen-bond donors (Lipinski definition) is 1. The predicted molar refractivity (Wildman–Crippen MR) is 91.2 cm³/mol. The SMILES string of the molecule is COc1ccc(CC(=O)OCC(=O)NC(C)(C#N)C(C)C)cc1OC. The van der Waals surface area contributed by atoms with Crippen LogP contribution in [-0.2, 0) is 20.7 Å². The van der Waals surface area contributed by atoms with E-state index >= 15 is 0 Å². The van der Waals surface area contributed by atoms with E-state index in [4.69, 9.17) is 14.2 Å². The summed E-state index contributed by atoms with van der Waals surface area (Å²) >= 11 is 0. The van der Waals surface area contributed by atoms with Gasteiger partial charge in [0.25, 0.3) is 5.91 Å². The molecule has 0 heterocycles. The minimum Gasteiger partial charge on any atom is -0.493 e. The highest BCUT2D eigenvalue weighted by Crippen LogP contribution is 2.27. The van der Waals surface area contributed by atoms with E-state index in [1.807, 2.05) is 13.8 Å². The summed E-state index contributed by atoms with van der Waals surface area (Å²) in [5, 5.41) is 11.8. The van der Waals surface area contributed by atoms with Gasteiger partial charge in [-0.2, -0.15) is 5.26 Å². The first-order valence-electron chi connectivity index (χ1n) is 7.84. The molecule has 1 aromatic rings. The lowest BCUT2D eigenvalue weighted by atomic mass is 9.90. The summed E-state index contributed by atoms with van der Waals surface area (Å²) in [7, 11) is 3.03. The average molecular weight is 348 g/mol. The number of hydrogen-bond acceptors (Lipinski definition) is 6. The Morgan fingerprint density at radius 3 is 2.40 bits per heavy atom. The van der Waals surface area contributed by atoms with Crippen LogP contribution < -0.4 is 14.8 Å². The van der Waals surface area contributed by atoms with Crippen molar-refractivity contribution in [2.45, 2.75) is 32.7 Å². The van der Waals surface area contributed by atoms with E-state index in [2.05, 4.69) is 11.4 Å². The van der Waals surface area contributed by atoms with Gasteiger partial charge in [0, 0.05) is 0 Å². The highest BCUT2D eigenvalue weighted by Gasteiger charge is 2.30. The van der Waals surface area contributed by atoms with Gasteiger partial charge in [0.15, 0.2) is 18.1 Å². The van der Waals surface area contributed by atoms with Crippen molar-refractivity contribution >= 4 is 11.9 Å². The first-order chi connectivity index (χ1) is 11.8. The molecule has 7 nitrogen and oxygen atoms in total. The lowest BCUT2D eigenvalue weighted by Crippen LogP contribution is -2.50. The van der Waals surface area contributed by atoms with Crippen molar-refractivity contribution < 1.29 is 23.8 Å². The standard InChI is InChI=1S/C18H24N2O5/c1-12(2)18(3,11-19)20-16(21)10-25-17(22)9-13-6-7-14(23-4)15(8-13)24-5/h6-8,12H,9-10H2,1-5H3,(H,20,21). The summed E-state index contributed by atoms with van der Waals surface area (Å²) in [5.74, 6) is -0.0800. The number of carbonyl (C=O) groups is 2. The second-order valence-corrected chi connectivity index (χ2v) is 6.04. The molecule has 0 saturated carbocycles. The van der Waals surface area contributed by atoms with E-state index in [-0.39, 0.29) is 12.3 Å². The van der Waals surface area contributed by atoms with Crippen LogP contribution in [0.3, 0.4) is 0 Å². The largest absolute Gasteiger partial charge is 0.493 e. The minimum absolute atomic E-state index is 0.00661. The van der Waals surface area contributed by atoms with Crippen molar-refractivity contribution in [3.8, 4) is 17.6 Å². The number of carbonyl (C=O) groups excluding carboxylic acids is 2. The van der Waals surface area contributed by atoms with Crippen molar-refractivity contribution in [1.29, 1.82) is 5.26 Å². The highest BCUT2D eigenvalue weighted by molar-refractivity contribution is 5.82. The number of nitrogens with zero attached hydrogens (tertiary/aromatic N) is 1. The molecule has 0 fully saturated rings. The molecule has 1 amide bonds. The fraction of sp³-hybridized carbons (Fsp3) is 0.500. The molecule has 0 bridgehead atoms. The molecule has 0 aliphatic carbocycles. The smallest absolute Gasteiger partial charge is 0.310 e. The maximum atomic E-state index is 11.9. The Morgan fingerprint density at radius 2 is 1.88 bits per heavy atom. The Morgan fingerprint density at radius 1 is 1.24 bits per heavy atom. The monoisotopic (exact) mass is 348 g/mol. The first kappa shape index (κ1) is 20.3. The second-order valence-electron chi connectivity index (χ2n) is 6.04. The lowest BCUT2D eigenvalue weighted by Gasteiger charge is -2.27. The van der Waals surface area contributed by atoms with E-state index in [9.17, 15) is 14.9 Å². The van der Waals surface area contributed by atoms with Crippen LogP contribution in [0.5, 0.6) is 11.5 Å². The zero-order valence-corrected chi connectivity index (χ0v) is 15.2. The van der Waals surface area contributed by atoms with Crippen LogP contribution in [0.4, 0.5) is 0 Å². The van der Waals surface area contributed by atoms with E-state index in [1.165, 1.54) is 14.2 Å². The van der Waals surface area contributed by atoms with E-state index in [0.717, 1.165) is 0 Å². The molecule has 0 spiro atoms. The minimum atomic E-state index is -1.01. The molecule has 136 valence electrons. The number of esters is 1.